The number of pyridine rings is 1. The van der Waals surface area contributed by atoms with E-state index in [1.54, 1.807) is 0 Å². The first kappa shape index (κ1) is 21.3. The molecule has 4 aromatic carbocycles. The van der Waals surface area contributed by atoms with Crippen molar-refractivity contribution >= 4 is 21.8 Å². The van der Waals surface area contributed by atoms with Crippen molar-refractivity contribution in [2.24, 2.45) is 0 Å². The smallest absolute Gasteiger partial charge is 0.182 e. The number of aromatic nitrogens is 5. The summed E-state index contributed by atoms with van der Waals surface area (Å²) in [6.45, 7) is 1.99. The predicted molar refractivity (Wildman–Crippen MR) is 149 cm³/mol. The minimum atomic E-state index is 0.672. The van der Waals surface area contributed by atoms with Crippen LogP contribution in [0.2, 0.25) is 0 Å². The highest BCUT2D eigenvalue weighted by Crippen LogP contribution is 2.32. The average Bonchev–Trinajstić information content (AvgIpc) is 3.54. The van der Waals surface area contributed by atoms with Crippen molar-refractivity contribution in [2.45, 2.75) is 6.92 Å². The first-order chi connectivity index (χ1) is 18.3. The van der Waals surface area contributed by atoms with Gasteiger partial charge in [0.25, 0.3) is 0 Å². The maximum Gasteiger partial charge on any atom is 0.182 e. The summed E-state index contributed by atoms with van der Waals surface area (Å²) in [5.74, 6) is 1.39. The lowest BCUT2D eigenvalue weighted by atomic mass is 10.2. The Balaban J connectivity index is 1.38. The molecule has 3 heterocycles. The maximum absolute atomic E-state index is 4.91. The molecule has 5 heteroatoms. The summed E-state index contributed by atoms with van der Waals surface area (Å²) in [5, 5.41) is 7.41. The van der Waals surface area contributed by atoms with Crippen LogP contribution in [0.3, 0.4) is 0 Å². The highest BCUT2D eigenvalue weighted by Gasteiger charge is 2.17. The van der Waals surface area contributed by atoms with E-state index < -0.39 is 0 Å². The molecule has 0 spiro atoms. The van der Waals surface area contributed by atoms with E-state index in [0.29, 0.717) is 11.6 Å². The fourth-order valence-corrected chi connectivity index (χ4v) is 4.98. The summed E-state index contributed by atoms with van der Waals surface area (Å²) in [7, 11) is 0. The Kier molecular flexibility index (Phi) is 4.93. The molecule has 0 N–H and O–H groups in total. The number of nitrogens with zero attached hydrogens (tertiary/aromatic N) is 5. The Morgan fingerprint density at radius 2 is 1.16 bits per heavy atom. The second kappa shape index (κ2) is 8.57. The molecule has 0 fully saturated rings. The number of hydrogen-bond acceptors (Lipinski definition) is 3. The second-order valence-electron chi connectivity index (χ2n) is 9.09. The van der Waals surface area contributed by atoms with Crippen molar-refractivity contribution in [1.82, 2.24) is 24.3 Å². The van der Waals surface area contributed by atoms with Gasteiger partial charge < -0.3 is 4.57 Å². The van der Waals surface area contributed by atoms with Crippen LogP contribution in [0, 0.1) is 6.92 Å². The van der Waals surface area contributed by atoms with Crippen LogP contribution in [0.1, 0.15) is 5.69 Å². The minimum Gasteiger partial charge on any atom is -0.309 e. The van der Waals surface area contributed by atoms with E-state index in [1.165, 1.54) is 21.8 Å². The lowest BCUT2D eigenvalue weighted by Crippen LogP contribution is -2.02. The minimum absolute atomic E-state index is 0.672. The van der Waals surface area contributed by atoms with Crippen LogP contribution >= 0.6 is 0 Å². The van der Waals surface area contributed by atoms with Gasteiger partial charge in [0.05, 0.1) is 16.7 Å². The zero-order valence-corrected chi connectivity index (χ0v) is 20.3. The van der Waals surface area contributed by atoms with Crippen LogP contribution in [0.25, 0.3) is 56.1 Å². The fraction of sp³-hybridized carbons (Fsp3) is 0.0312. The van der Waals surface area contributed by atoms with E-state index in [2.05, 4.69) is 77.4 Å². The highest BCUT2D eigenvalue weighted by atomic mass is 15.4. The predicted octanol–water partition coefficient (Wildman–Crippen LogP) is 7.40. The third-order valence-corrected chi connectivity index (χ3v) is 6.69. The zero-order valence-electron chi connectivity index (χ0n) is 20.3. The summed E-state index contributed by atoms with van der Waals surface area (Å²) in [6, 6.07) is 41.6. The standard InChI is InChI=1S/C32H23N5/c1-22-10-9-15-28(33-22)32-34-31(23-11-3-2-4-12-23)35-37(32)25-20-18-24(19-21-25)36-29-16-7-5-13-26(29)27-14-6-8-17-30(27)36/h2-21H,1H3. The Morgan fingerprint density at radius 3 is 1.84 bits per heavy atom. The van der Waals surface area contributed by atoms with Gasteiger partial charge in [0.1, 0.15) is 5.69 Å². The monoisotopic (exact) mass is 477 g/mol. The third kappa shape index (κ3) is 3.60. The molecule has 7 aromatic rings. The van der Waals surface area contributed by atoms with Gasteiger partial charge in [0.15, 0.2) is 11.6 Å². The van der Waals surface area contributed by atoms with E-state index in [0.717, 1.165) is 28.3 Å². The van der Waals surface area contributed by atoms with Gasteiger partial charge in [0, 0.05) is 27.7 Å². The molecule has 5 nitrogen and oxygen atoms in total. The topological polar surface area (TPSA) is 48.5 Å². The number of rotatable bonds is 4. The first-order valence-electron chi connectivity index (χ1n) is 12.3. The van der Waals surface area contributed by atoms with Crippen molar-refractivity contribution in [3.8, 4) is 34.3 Å². The zero-order chi connectivity index (χ0) is 24.8. The van der Waals surface area contributed by atoms with Crippen LogP contribution in [0.4, 0.5) is 0 Å². The molecule has 0 radical (unpaired) electrons. The Hall–Kier alpha value is -5.03. The van der Waals surface area contributed by atoms with E-state index in [1.807, 2.05) is 60.1 Å². The van der Waals surface area contributed by atoms with Crippen LogP contribution in [-0.4, -0.2) is 24.3 Å². The van der Waals surface area contributed by atoms with E-state index in [-0.39, 0.29) is 0 Å². The molecule has 0 aliphatic carbocycles. The normalized spacial score (nSPS) is 11.4. The van der Waals surface area contributed by atoms with Gasteiger partial charge in [-0.1, -0.05) is 72.8 Å². The molecular formula is C32H23N5. The SMILES string of the molecule is Cc1cccc(-c2nc(-c3ccccc3)nn2-c2ccc(-n3c4ccccc4c4ccccc43)cc2)n1. The van der Waals surface area contributed by atoms with Crippen molar-refractivity contribution in [3.63, 3.8) is 0 Å². The average molecular weight is 478 g/mol. The summed E-state index contributed by atoms with van der Waals surface area (Å²) < 4.78 is 4.20. The molecule has 0 saturated heterocycles. The number of aryl methyl sites for hydroxylation is 1. The maximum atomic E-state index is 4.91. The largest absolute Gasteiger partial charge is 0.309 e. The molecule has 7 rings (SSSR count). The molecule has 3 aromatic heterocycles. The van der Waals surface area contributed by atoms with E-state index in [9.17, 15) is 0 Å². The van der Waals surface area contributed by atoms with Crippen LogP contribution in [-0.2, 0) is 0 Å². The summed E-state index contributed by atoms with van der Waals surface area (Å²) in [5.41, 5.74) is 7.10. The van der Waals surface area contributed by atoms with Gasteiger partial charge in [-0.15, -0.1) is 5.10 Å². The molecule has 0 atom stereocenters. The molecular weight excluding hydrogens is 454 g/mol. The number of hydrogen-bond donors (Lipinski definition) is 0. The van der Waals surface area contributed by atoms with Gasteiger partial charge in [-0.3, -0.25) is 0 Å². The first-order valence-corrected chi connectivity index (χ1v) is 12.3. The lowest BCUT2D eigenvalue weighted by molar-refractivity contribution is 0.884. The van der Waals surface area contributed by atoms with Gasteiger partial charge in [-0.2, -0.15) is 0 Å². The fourth-order valence-electron chi connectivity index (χ4n) is 4.98. The third-order valence-electron chi connectivity index (χ3n) is 6.69. The molecule has 0 amide bonds. The molecule has 0 aliphatic heterocycles. The van der Waals surface area contributed by atoms with Crippen LogP contribution in [0.5, 0.6) is 0 Å². The van der Waals surface area contributed by atoms with Gasteiger partial charge in [-0.25, -0.2) is 14.6 Å². The Labute approximate surface area is 214 Å². The van der Waals surface area contributed by atoms with Crippen molar-refractivity contribution in [2.75, 3.05) is 0 Å². The lowest BCUT2D eigenvalue weighted by Gasteiger charge is -2.10. The molecule has 0 saturated carbocycles. The van der Waals surface area contributed by atoms with E-state index >= 15 is 0 Å². The van der Waals surface area contributed by atoms with Crippen molar-refractivity contribution in [3.05, 3.63) is 127 Å². The number of benzene rings is 4. The molecule has 0 bridgehead atoms. The summed E-state index contributed by atoms with van der Waals surface area (Å²) in [4.78, 5) is 9.64. The summed E-state index contributed by atoms with van der Waals surface area (Å²) in [6.07, 6.45) is 0. The van der Waals surface area contributed by atoms with Crippen LogP contribution in [0.15, 0.2) is 121 Å². The van der Waals surface area contributed by atoms with Crippen molar-refractivity contribution in [1.29, 1.82) is 0 Å². The molecule has 176 valence electrons. The second-order valence-corrected chi connectivity index (χ2v) is 9.09. The molecule has 37 heavy (non-hydrogen) atoms. The van der Waals surface area contributed by atoms with Crippen LogP contribution < -0.4 is 0 Å². The van der Waals surface area contributed by atoms with E-state index in [4.69, 9.17) is 15.1 Å². The number of fused-ring (bicyclic) bond motifs is 3. The molecule has 0 unspecified atom stereocenters. The number of para-hydroxylation sites is 2. The molecule has 0 aliphatic rings. The summed E-state index contributed by atoms with van der Waals surface area (Å²) >= 11 is 0. The van der Waals surface area contributed by atoms with Gasteiger partial charge in [-0.05, 0) is 55.5 Å². The van der Waals surface area contributed by atoms with Crippen molar-refractivity contribution < 1.29 is 0 Å². The quantitative estimate of drug-likeness (QED) is 0.265. The highest BCUT2D eigenvalue weighted by molar-refractivity contribution is 6.09. The van der Waals surface area contributed by atoms with Gasteiger partial charge in [0.2, 0.25) is 0 Å². The van der Waals surface area contributed by atoms with Gasteiger partial charge >= 0.3 is 0 Å². The Morgan fingerprint density at radius 1 is 0.541 bits per heavy atom. The Bertz CT molecular complexity index is 1830.